The number of ether oxygens (including phenoxy) is 2. The molecule has 6 heteroatoms. The van der Waals surface area contributed by atoms with Crippen molar-refractivity contribution >= 4 is 23.3 Å². The van der Waals surface area contributed by atoms with Gasteiger partial charge >= 0.3 is 5.97 Å². The molecule has 1 amide bonds. The largest absolute Gasteiger partial charge is 0.491 e. The molecular formula is C20H24N2O4. The zero-order valence-corrected chi connectivity index (χ0v) is 15.0. The summed E-state index contributed by atoms with van der Waals surface area (Å²) in [5, 5.41) is 2.77. The lowest BCUT2D eigenvalue weighted by molar-refractivity contribution is -0.116. The first-order valence-corrected chi connectivity index (χ1v) is 8.54. The van der Waals surface area contributed by atoms with E-state index in [9.17, 15) is 9.59 Å². The van der Waals surface area contributed by atoms with E-state index >= 15 is 0 Å². The lowest BCUT2D eigenvalue weighted by atomic mass is 10.2. The molecule has 0 bridgehead atoms. The van der Waals surface area contributed by atoms with Gasteiger partial charge in [0.15, 0.2) is 0 Å². The Labute approximate surface area is 153 Å². The van der Waals surface area contributed by atoms with Gasteiger partial charge in [-0.05, 0) is 50.6 Å². The monoisotopic (exact) mass is 356 g/mol. The molecule has 3 N–H and O–H groups in total. The standard InChI is InChI=1S/C20H24N2O4/c1-14(2)26-20(24)15-7-5-8-16(13-15)22-19(23)11-6-12-25-18-10-4-3-9-17(18)21/h3-5,7-10,13-14H,6,11-12,21H2,1-2H3,(H,22,23). The minimum atomic E-state index is -0.412. The van der Waals surface area contributed by atoms with Gasteiger partial charge in [0.25, 0.3) is 0 Å². The van der Waals surface area contributed by atoms with Gasteiger partial charge in [-0.2, -0.15) is 0 Å². The quantitative estimate of drug-likeness (QED) is 0.428. The summed E-state index contributed by atoms with van der Waals surface area (Å²) < 4.78 is 10.7. The number of rotatable bonds is 8. The fraction of sp³-hybridized carbons (Fsp3) is 0.300. The van der Waals surface area contributed by atoms with Gasteiger partial charge in [-0.25, -0.2) is 4.79 Å². The van der Waals surface area contributed by atoms with Crippen molar-refractivity contribution in [1.29, 1.82) is 0 Å². The first-order chi connectivity index (χ1) is 12.5. The van der Waals surface area contributed by atoms with Crippen molar-refractivity contribution in [2.75, 3.05) is 17.7 Å². The summed E-state index contributed by atoms with van der Waals surface area (Å²) in [6, 6.07) is 13.9. The molecule has 0 fully saturated rings. The molecule has 2 aromatic carbocycles. The molecule has 6 nitrogen and oxygen atoms in total. The van der Waals surface area contributed by atoms with Crippen LogP contribution >= 0.6 is 0 Å². The predicted octanol–water partition coefficient (Wildman–Crippen LogP) is 3.63. The third kappa shape index (κ3) is 6.12. The van der Waals surface area contributed by atoms with E-state index in [-0.39, 0.29) is 12.0 Å². The molecule has 0 unspecified atom stereocenters. The lowest BCUT2D eigenvalue weighted by Gasteiger charge is -2.10. The second-order valence-corrected chi connectivity index (χ2v) is 6.07. The first-order valence-electron chi connectivity index (χ1n) is 8.54. The Bertz CT molecular complexity index is 759. The number of nitrogens with two attached hydrogens (primary N) is 1. The number of anilines is 2. The first kappa shape index (κ1) is 19.3. The normalized spacial score (nSPS) is 10.4. The Kier molecular flexibility index (Phi) is 7.02. The highest BCUT2D eigenvalue weighted by Crippen LogP contribution is 2.20. The zero-order valence-electron chi connectivity index (χ0n) is 15.0. The number of para-hydroxylation sites is 2. The van der Waals surface area contributed by atoms with Crippen LogP contribution in [0.1, 0.15) is 37.0 Å². The van der Waals surface area contributed by atoms with Crippen LogP contribution < -0.4 is 15.8 Å². The Balaban J connectivity index is 1.79. The van der Waals surface area contributed by atoms with Crippen LogP contribution in [0, 0.1) is 0 Å². The molecule has 0 saturated carbocycles. The highest BCUT2D eigenvalue weighted by atomic mass is 16.5. The highest BCUT2D eigenvalue weighted by molar-refractivity contribution is 5.94. The number of carbonyl (C=O) groups excluding carboxylic acids is 2. The number of esters is 1. The Hall–Kier alpha value is -3.02. The topological polar surface area (TPSA) is 90.6 Å². The van der Waals surface area contributed by atoms with Crippen LogP contribution in [-0.4, -0.2) is 24.6 Å². The van der Waals surface area contributed by atoms with Crippen LogP contribution in [0.5, 0.6) is 5.75 Å². The van der Waals surface area contributed by atoms with E-state index < -0.39 is 5.97 Å². The van der Waals surface area contributed by atoms with Gasteiger partial charge in [0, 0.05) is 12.1 Å². The Morgan fingerprint density at radius 2 is 1.88 bits per heavy atom. The molecule has 0 aromatic heterocycles. The van der Waals surface area contributed by atoms with Crippen LogP contribution in [0.15, 0.2) is 48.5 Å². The molecule has 138 valence electrons. The van der Waals surface area contributed by atoms with Crippen molar-refractivity contribution in [1.82, 2.24) is 0 Å². The van der Waals surface area contributed by atoms with Crippen molar-refractivity contribution in [3.8, 4) is 5.75 Å². The summed E-state index contributed by atoms with van der Waals surface area (Å²) in [7, 11) is 0. The highest BCUT2D eigenvalue weighted by Gasteiger charge is 2.10. The van der Waals surface area contributed by atoms with Crippen LogP contribution in [0.2, 0.25) is 0 Å². The van der Waals surface area contributed by atoms with Crippen molar-refractivity contribution < 1.29 is 19.1 Å². The average molecular weight is 356 g/mol. The van der Waals surface area contributed by atoms with E-state index in [2.05, 4.69) is 5.32 Å². The smallest absolute Gasteiger partial charge is 0.338 e. The molecule has 0 radical (unpaired) electrons. The Morgan fingerprint density at radius 1 is 1.12 bits per heavy atom. The van der Waals surface area contributed by atoms with Gasteiger partial charge in [-0.15, -0.1) is 0 Å². The Morgan fingerprint density at radius 3 is 2.62 bits per heavy atom. The van der Waals surface area contributed by atoms with Crippen molar-refractivity contribution in [2.45, 2.75) is 32.8 Å². The van der Waals surface area contributed by atoms with E-state index in [1.165, 1.54) is 0 Å². The minimum Gasteiger partial charge on any atom is -0.491 e. The number of hydrogen-bond donors (Lipinski definition) is 2. The maximum Gasteiger partial charge on any atom is 0.338 e. The van der Waals surface area contributed by atoms with Crippen molar-refractivity contribution in [3.05, 3.63) is 54.1 Å². The molecule has 0 heterocycles. The van der Waals surface area contributed by atoms with E-state index in [0.717, 1.165) is 0 Å². The van der Waals surface area contributed by atoms with Gasteiger partial charge in [0.1, 0.15) is 5.75 Å². The maximum atomic E-state index is 12.0. The second kappa shape index (κ2) is 9.46. The fourth-order valence-corrected chi connectivity index (χ4v) is 2.26. The molecule has 0 aliphatic heterocycles. The fourth-order valence-electron chi connectivity index (χ4n) is 2.26. The second-order valence-electron chi connectivity index (χ2n) is 6.07. The van der Waals surface area contributed by atoms with Gasteiger partial charge in [0.2, 0.25) is 5.91 Å². The molecule has 2 rings (SSSR count). The number of benzene rings is 2. The third-order valence-corrected chi connectivity index (χ3v) is 3.45. The summed E-state index contributed by atoms with van der Waals surface area (Å²) in [5.74, 6) is 0.0539. The molecule has 26 heavy (non-hydrogen) atoms. The van der Waals surface area contributed by atoms with E-state index in [0.29, 0.717) is 42.1 Å². The molecular weight excluding hydrogens is 332 g/mol. The van der Waals surface area contributed by atoms with Gasteiger partial charge in [0.05, 0.1) is 24.0 Å². The van der Waals surface area contributed by atoms with E-state index in [1.807, 2.05) is 12.1 Å². The molecule has 0 atom stereocenters. The summed E-state index contributed by atoms with van der Waals surface area (Å²) in [5.41, 5.74) is 7.32. The zero-order chi connectivity index (χ0) is 18.9. The maximum absolute atomic E-state index is 12.0. The van der Waals surface area contributed by atoms with Gasteiger partial charge in [-0.1, -0.05) is 18.2 Å². The van der Waals surface area contributed by atoms with Gasteiger partial charge in [-0.3, -0.25) is 4.79 Å². The number of nitrogen functional groups attached to an aromatic ring is 1. The summed E-state index contributed by atoms with van der Waals surface area (Å²) >= 11 is 0. The molecule has 0 spiro atoms. The minimum absolute atomic E-state index is 0.149. The average Bonchev–Trinajstić information content (AvgIpc) is 2.60. The number of carbonyl (C=O) groups is 2. The summed E-state index contributed by atoms with van der Waals surface area (Å²) in [6.07, 6.45) is 0.655. The SMILES string of the molecule is CC(C)OC(=O)c1cccc(NC(=O)CCCOc2ccccc2N)c1. The third-order valence-electron chi connectivity index (χ3n) is 3.45. The number of hydrogen-bond acceptors (Lipinski definition) is 5. The van der Waals surface area contributed by atoms with Crippen LogP contribution in [0.25, 0.3) is 0 Å². The summed E-state index contributed by atoms with van der Waals surface area (Å²) in [4.78, 5) is 23.9. The number of amides is 1. The lowest BCUT2D eigenvalue weighted by Crippen LogP contribution is -2.14. The molecule has 0 aliphatic rings. The van der Waals surface area contributed by atoms with Crippen LogP contribution in [0.3, 0.4) is 0 Å². The molecule has 0 aliphatic carbocycles. The predicted molar refractivity (Wildman–Crippen MR) is 101 cm³/mol. The van der Waals surface area contributed by atoms with Crippen LogP contribution in [-0.2, 0) is 9.53 Å². The van der Waals surface area contributed by atoms with E-state index in [4.69, 9.17) is 15.2 Å². The van der Waals surface area contributed by atoms with Gasteiger partial charge < -0.3 is 20.5 Å². The van der Waals surface area contributed by atoms with Crippen molar-refractivity contribution in [2.24, 2.45) is 0 Å². The van der Waals surface area contributed by atoms with Crippen LogP contribution in [0.4, 0.5) is 11.4 Å². The van der Waals surface area contributed by atoms with Crippen molar-refractivity contribution in [3.63, 3.8) is 0 Å². The molecule has 0 saturated heterocycles. The summed E-state index contributed by atoms with van der Waals surface area (Å²) in [6.45, 7) is 3.96. The molecule has 2 aromatic rings. The van der Waals surface area contributed by atoms with E-state index in [1.54, 1.807) is 50.2 Å². The number of nitrogens with one attached hydrogen (secondary N) is 1.